The normalized spacial score (nSPS) is 14.7. The van der Waals surface area contributed by atoms with E-state index in [1.54, 1.807) is 0 Å². The van der Waals surface area contributed by atoms with Crippen molar-refractivity contribution in [3.05, 3.63) is 71.5 Å². The van der Waals surface area contributed by atoms with Crippen LogP contribution in [-0.2, 0) is 4.79 Å². The molecule has 2 aromatic carbocycles. The Morgan fingerprint density at radius 2 is 1.78 bits per heavy atom. The van der Waals surface area contributed by atoms with Gasteiger partial charge in [-0.15, -0.1) is 10.2 Å². The highest BCUT2D eigenvalue weighted by Crippen LogP contribution is 2.36. The monoisotopic (exact) mass is 378 g/mol. The fraction of sp³-hybridized carbons (Fsp3) is 0.286. The number of benzene rings is 2. The standard InChI is InChI=1S/C21H22N4OS/c1-14-8-12-18(13-9-14)25-15(2)23-24-21(25)27-19(16-6-4-3-5-7-16)20(26)22-17-10-11-17/h3-9,12-13,17,19H,10-11H2,1-2H3,(H,22,26). The first kappa shape index (κ1) is 17.8. The minimum atomic E-state index is -0.361. The Kier molecular flexibility index (Phi) is 4.99. The highest BCUT2D eigenvalue weighted by atomic mass is 32.2. The topological polar surface area (TPSA) is 59.8 Å². The van der Waals surface area contributed by atoms with E-state index in [9.17, 15) is 4.79 Å². The van der Waals surface area contributed by atoms with Crippen LogP contribution in [0, 0.1) is 13.8 Å². The molecule has 138 valence electrons. The van der Waals surface area contributed by atoms with Crippen molar-refractivity contribution >= 4 is 17.7 Å². The lowest BCUT2D eigenvalue weighted by molar-refractivity contribution is -0.120. The third-order valence-electron chi connectivity index (χ3n) is 4.57. The molecule has 1 aliphatic rings. The molecule has 1 fully saturated rings. The van der Waals surface area contributed by atoms with Gasteiger partial charge in [-0.25, -0.2) is 0 Å². The summed E-state index contributed by atoms with van der Waals surface area (Å²) in [6.45, 7) is 3.99. The van der Waals surface area contributed by atoms with Gasteiger partial charge in [0.15, 0.2) is 5.16 Å². The fourth-order valence-corrected chi connectivity index (χ4v) is 4.03. The summed E-state index contributed by atoms with van der Waals surface area (Å²) in [5, 5.41) is 12.1. The van der Waals surface area contributed by atoms with Gasteiger partial charge in [0.05, 0.1) is 0 Å². The molecular formula is C21H22N4OS. The number of amides is 1. The Morgan fingerprint density at radius 1 is 1.07 bits per heavy atom. The number of hydrogen-bond acceptors (Lipinski definition) is 4. The minimum Gasteiger partial charge on any atom is -0.352 e. The predicted octanol–water partition coefficient (Wildman–Crippen LogP) is 4.00. The van der Waals surface area contributed by atoms with Crippen LogP contribution in [0.2, 0.25) is 0 Å². The van der Waals surface area contributed by atoms with Gasteiger partial charge in [-0.1, -0.05) is 59.8 Å². The van der Waals surface area contributed by atoms with Crippen LogP contribution in [0.1, 0.15) is 35.0 Å². The Hall–Kier alpha value is -2.60. The maximum absolute atomic E-state index is 12.9. The molecule has 1 atom stereocenters. The van der Waals surface area contributed by atoms with E-state index in [2.05, 4.69) is 46.7 Å². The number of rotatable bonds is 6. The van der Waals surface area contributed by atoms with Crippen molar-refractivity contribution in [1.82, 2.24) is 20.1 Å². The van der Waals surface area contributed by atoms with E-state index >= 15 is 0 Å². The van der Waals surface area contributed by atoms with Gasteiger partial charge in [0.25, 0.3) is 0 Å². The van der Waals surface area contributed by atoms with E-state index in [-0.39, 0.29) is 11.2 Å². The molecule has 0 aliphatic heterocycles. The lowest BCUT2D eigenvalue weighted by Gasteiger charge is -2.17. The van der Waals surface area contributed by atoms with Crippen LogP contribution in [0.15, 0.2) is 59.8 Å². The molecule has 6 heteroatoms. The zero-order chi connectivity index (χ0) is 18.8. The quantitative estimate of drug-likeness (QED) is 0.659. The molecule has 1 saturated carbocycles. The summed E-state index contributed by atoms with van der Waals surface area (Å²) in [4.78, 5) is 12.9. The Labute approximate surface area is 163 Å². The van der Waals surface area contributed by atoms with Crippen LogP contribution in [0.5, 0.6) is 0 Å². The fourth-order valence-electron chi connectivity index (χ4n) is 2.92. The second kappa shape index (κ2) is 7.56. The van der Waals surface area contributed by atoms with Crippen LogP contribution < -0.4 is 5.32 Å². The molecule has 1 amide bonds. The van der Waals surface area contributed by atoms with Crippen LogP contribution in [0.25, 0.3) is 5.69 Å². The van der Waals surface area contributed by atoms with Gasteiger partial charge in [0, 0.05) is 11.7 Å². The van der Waals surface area contributed by atoms with E-state index in [1.165, 1.54) is 17.3 Å². The lowest BCUT2D eigenvalue weighted by atomic mass is 10.1. The van der Waals surface area contributed by atoms with E-state index in [4.69, 9.17) is 0 Å². The smallest absolute Gasteiger partial charge is 0.238 e. The summed E-state index contributed by atoms with van der Waals surface area (Å²) in [5.74, 6) is 0.834. The Balaban J connectivity index is 1.67. The predicted molar refractivity (Wildman–Crippen MR) is 107 cm³/mol. The zero-order valence-corrected chi connectivity index (χ0v) is 16.2. The average Bonchev–Trinajstić information content (AvgIpc) is 3.42. The van der Waals surface area contributed by atoms with Gasteiger partial charge in [0.1, 0.15) is 11.1 Å². The van der Waals surface area contributed by atoms with Gasteiger partial charge in [0.2, 0.25) is 5.91 Å². The molecule has 27 heavy (non-hydrogen) atoms. The number of aromatic nitrogens is 3. The number of thioether (sulfide) groups is 1. The molecule has 0 saturated heterocycles. The third-order valence-corrected chi connectivity index (χ3v) is 5.77. The van der Waals surface area contributed by atoms with Crippen molar-refractivity contribution in [1.29, 1.82) is 0 Å². The highest BCUT2D eigenvalue weighted by Gasteiger charge is 2.30. The minimum absolute atomic E-state index is 0.0322. The largest absolute Gasteiger partial charge is 0.352 e. The first-order valence-electron chi connectivity index (χ1n) is 9.13. The van der Waals surface area contributed by atoms with Gasteiger partial charge in [-0.3, -0.25) is 9.36 Å². The van der Waals surface area contributed by atoms with E-state index < -0.39 is 0 Å². The third kappa shape index (κ3) is 4.06. The number of nitrogens with one attached hydrogen (secondary N) is 1. The van der Waals surface area contributed by atoms with E-state index in [1.807, 2.05) is 41.8 Å². The van der Waals surface area contributed by atoms with Crippen LogP contribution in [0.4, 0.5) is 0 Å². The first-order valence-corrected chi connectivity index (χ1v) is 10.0. The highest BCUT2D eigenvalue weighted by molar-refractivity contribution is 8.00. The molecule has 1 aliphatic carbocycles. The van der Waals surface area contributed by atoms with Crippen molar-refractivity contribution in [2.24, 2.45) is 0 Å². The van der Waals surface area contributed by atoms with Crippen molar-refractivity contribution in [3.8, 4) is 5.69 Å². The summed E-state index contributed by atoms with van der Waals surface area (Å²) in [6.07, 6.45) is 2.13. The maximum atomic E-state index is 12.9. The Morgan fingerprint density at radius 3 is 2.44 bits per heavy atom. The molecule has 4 rings (SSSR count). The van der Waals surface area contributed by atoms with Crippen molar-refractivity contribution in [2.45, 2.75) is 43.1 Å². The maximum Gasteiger partial charge on any atom is 0.238 e. The molecule has 0 bridgehead atoms. The van der Waals surface area contributed by atoms with Crippen molar-refractivity contribution in [2.75, 3.05) is 0 Å². The summed E-state index contributed by atoms with van der Waals surface area (Å²) in [5.41, 5.74) is 3.17. The molecule has 1 heterocycles. The van der Waals surface area contributed by atoms with Crippen LogP contribution >= 0.6 is 11.8 Å². The second-order valence-corrected chi connectivity index (χ2v) is 7.96. The lowest BCUT2D eigenvalue weighted by Crippen LogP contribution is -2.29. The van der Waals surface area contributed by atoms with Gasteiger partial charge >= 0.3 is 0 Å². The molecule has 1 aromatic heterocycles. The second-order valence-electron chi connectivity index (χ2n) is 6.89. The average molecular weight is 379 g/mol. The van der Waals surface area contributed by atoms with E-state index in [0.717, 1.165) is 35.1 Å². The molecule has 3 aromatic rings. The molecule has 5 nitrogen and oxygen atoms in total. The number of hydrogen-bond donors (Lipinski definition) is 1. The molecule has 0 radical (unpaired) electrons. The first-order chi connectivity index (χ1) is 13.1. The summed E-state index contributed by atoms with van der Waals surface area (Å²) < 4.78 is 2.00. The zero-order valence-electron chi connectivity index (χ0n) is 15.4. The van der Waals surface area contributed by atoms with Crippen LogP contribution in [-0.4, -0.2) is 26.7 Å². The number of aryl methyl sites for hydroxylation is 2. The molecule has 0 spiro atoms. The number of carbonyl (C=O) groups excluding carboxylic acids is 1. The molecular weight excluding hydrogens is 356 g/mol. The van der Waals surface area contributed by atoms with Crippen molar-refractivity contribution in [3.63, 3.8) is 0 Å². The van der Waals surface area contributed by atoms with Gasteiger partial charge in [-0.05, 0) is 44.4 Å². The van der Waals surface area contributed by atoms with Gasteiger partial charge < -0.3 is 5.32 Å². The summed E-state index contributed by atoms with van der Waals surface area (Å²) in [6, 6.07) is 18.4. The van der Waals surface area contributed by atoms with Gasteiger partial charge in [-0.2, -0.15) is 0 Å². The molecule has 1 N–H and O–H groups in total. The summed E-state index contributed by atoms with van der Waals surface area (Å²) >= 11 is 1.44. The SMILES string of the molecule is Cc1ccc(-n2c(C)nnc2SC(C(=O)NC2CC2)c2ccccc2)cc1. The van der Waals surface area contributed by atoms with Crippen molar-refractivity contribution < 1.29 is 4.79 Å². The number of carbonyl (C=O) groups is 1. The number of nitrogens with zero attached hydrogens (tertiary/aromatic N) is 3. The van der Waals surface area contributed by atoms with Crippen LogP contribution in [0.3, 0.4) is 0 Å². The van der Waals surface area contributed by atoms with E-state index in [0.29, 0.717) is 6.04 Å². The summed E-state index contributed by atoms with van der Waals surface area (Å²) in [7, 11) is 0. The molecule has 1 unspecified atom stereocenters. The Bertz CT molecular complexity index is 933.